The van der Waals surface area contributed by atoms with Crippen molar-refractivity contribution in [2.24, 2.45) is 4.99 Å². The Labute approximate surface area is 202 Å². The Bertz CT molecular complexity index is 630. The van der Waals surface area contributed by atoms with Crippen LogP contribution in [0.3, 0.4) is 0 Å². The number of ether oxygens (including phenoxy) is 3. The quantitative estimate of drug-likeness (QED) is 0.189. The van der Waals surface area contributed by atoms with Gasteiger partial charge in [-0.2, -0.15) is 11.8 Å². The molecule has 1 unspecified atom stereocenters. The standard InChI is InChI=1S/C21H36N4O3S.HI/c1-22-21(23-9-5-6-14-29-4)24-16-18(25-10-12-28-13-11-25)17-7-8-19(26-2)20(15-17)27-3;/h7-8,15,18H,5-6,9-14,16H2,1-4H3,(H2,22,23,24);1H. The lowest BCUT2D eigenvalue weighted by atomic mass is 10.0. The Hall–Kier alpha value is -0.910. The lowest BCUT2D eigenvalue weighted by Crippen LogP contribution is -2.46. The minimum absolute atomic E-state index is 0. The van der Waals surface area contributed by atoms with Crippen molar-refractivity contribution >= 4 is 41.7 Å². The second-order valence-electron chi connectivity index (χ2n) is 6.86. The van der Waals surface area contributed by atoms with Gasteiger partial charge in [0.1, 0.15) is 0 Å². The molecule has 0 spiro atoms. The Morgan fingerprint density at radius 3 is 2.53 bits per heavy atom. The number of methoxy groups -OCH3 is 2. The summed E-state index contributed by atoms with van der Waals surface area (Å²) in [6.45, 7) is 5.00. The van der Waals surface area contributed by atoms with E-state index in [4.69, 9.17) is 14.2 Å². The maximum absolute atomic E-state index is 5.55. The molecule has 1 aliphatic heterocycles. The fourth-order valence-corrected chi connectivity index (χ4v) is 3.89. The summed E-state index contributed by atoms with van der Waals surface area (Å²) >= 11 is 1.89. The molecular formula is C21H37IN4O3S. The average Bonchev–Trinajstić information content (AvgIpc) is 2.78. The monoisotopic (exact) mass is 552 g/mol. The molecule has 2 N–H and O–H groups in total. The van der Waals surface area contributed by atoms with Crippen molar-refractivity contribution in [2.45, 2.75) is 18.9 Å². The first-order valence-corrected chi connectivity index (χ1v) is 11.6. The minimum atomic E-state index is 0. The first-order chi connectivity index (χ1) is 14.2. The molecule has 2 rings (SSSR count). The summed E-state index contributed by atoms with van der Waals surface area (Å²) < 4.78 is 16.5. The van der Waals surface area contributed by atoms with Crippen LogP contribution in [0.25, 0.3) is 0 Å². The number of hydrogen-bond acceptors (Lipinski definition) is 6. The number of rotatable bonds is 11. The van der Waals surface area contributed by atoms with Crippen molar-refractivity contribution in [1.29, 1.82) is 0 Å². The van der Waals surface area contributed by atoms with Crippen molar-refractivity contribution in [1.82, 2.24) is 15.5 Å². The van der Waals surface area contributed by atoms with Crippen LogP contribution in [0.2, 0.25) is 0 Å². The molecule has 0 saturated carbocycles. The van der Waals surface area contributed by atoms with Crippen LogP contribution in [-0.2, 0) is 4.74 Å². The third kappa shape index (κ3) is 8.68. The molecule has 30 heavy (non-hydrogen) atoms. The van der Waals surface area contributed by atoms with Gasteiger partial charge in [-0.3, -0.25) is 9.89 Å². The van der Waals surface area contributed by atoms with E-state index in [0.29, 0.717) is 0 Å². The zero-order valence-electron chi connectivity index (χ0n) is 18.6. The van der Waals surface area contributed by atoms with Crippen molar-refractivity contribution in [3.8, 4) is 11.5 Å². The van der Waals surface area contributed by atoms with Crippen molar-refractivity contribution < 1.29 is 14.2 Å². The summed E-state index contributed by atoms with van der Waals surface area (Å²) in [6, 6.07) is 6.34. The van der Waals surface area contributed by atoms with E-state index in [2.05, 4.69) is 38.9 Å². The molecule has 1 saturated heterocycles. The van der Waals surface area contributed by atoms with Crippen LogP contribution < -0.4 is 20.1 Å². The van der Waals surface area contributed by atoms with Gasteiger partial charge in [0, 0.05) is 33.2 Å². The first-order valence-electron chi connectivity index (χ1n) is 10.2. The molecule has 7 nitrogen and oxygen atoms in total. The highest BCUT2D eigenvalue weighted by Crippen LogP contribution is 2.32. The number of halogens is 1. The van der Waals surface area contributed by atoms with Gasteiger partial charge in [-0.05, 0) is 42.5 Å². The van der Waals surface area contributed by atoms with Crippen LogP contribution in [0.4, 0.5) is 0 Å². The van der Waals surface area contributed by atoms with Gasteiger partial charge in [-0.15, -0.1) is 24.0 Å². The van der Waals surface area contributed by atoms with E-state index in [1.54, 1.807) is 14.2 Å². The summed E-state index contributed by atoms with van der Waals surface area (Å²) in [4.78, 5) is 6.83. The molecule has 1 aliphatic rings. The maximum Gasteiger partial charge on any atom is 0.191 e. The molecule has 1 atom stereocenters. The van der Waals surface area contributed by atoms with Gasteiger partial charge in [0.05, 0.1) is 33.5 Å². The average molecular weight is 553 g/mol. The second kappa shape index (κ2) is 15.8. The third-order valence-corrected chi connectivity index (χ3v) is 5.73. The van der Waals surface area contributed by atoms with E-state index in [0.717, 1.165) is 63.3 Å². The molecule has 0 aliphatic carbocycles. The SMILES string of the molecule is CN=C(NCCCCSC)NCC(c1ccc(OC)c(OC)c1)N1CCOCC1.I. The molecule has 0 amide bonds. The van der Waals surface area contributed by atoms with Gasteiger partial charge in [-0.1, -0.05) is 6.07 Å². The number of thioether (sulfide) groups is 1. The predicted octanol–water partition coefficient (Wildman–Crippen LogP) is 3.00. The summed E-state index contributed by atoms with van der Waals surface area (Å²) in [5, 5.41) is 6.92. The fourth-order valence-electron chi connectivity index (χ4n) is 3.40. The highest BCUT2D eigenvalue weighted by atomic mass is 127. The van der Waals surface area contributed by atoms with Crippen LogP contribution in [0.1, 0.15) is 24.4 Å². The number of nitrogens with one attached hydrogen (secondary N) is 2. The van der Waals surface area contributed by atoms with E-state index in [9.17, 15) is 0 Å². The van der Waals surface area contributed by atoms with E-state index in [1.807, 2.05) is 24.9 Å². The van der Waals surface area contributed by atoms with Crippen molar-refractivity contribution in [3.63, 3.8) is 0 Å². The number of nitrogens with zero attached hydrogens (tertiary/aromatic N) is 2. The Kier molecular flexibility index (Phi) is 14.3. The van der Waals surface area contributed by atoms with Crippen molar-refractivity contribution in [3.05, 3.63) is 23.8 Å². The van der Waals surface area contributed by atoms with Gasteiger partial charge in [-0.25, -0.2) is 0 Å². The van der Waals surface area contributed by atoms with Crippen LogP contribution in [0.15, 0.2) is 23.2 Å². The Morgan fingerprint density at radius 1 is 1.17 bits per heavy atom. The summed E-state index contributed by atoms with van der Waals surface area (Å²) in [5.74, 6) is 3.53. The molecule has 0 aromatic heterocycles. The summed E-state index contributed by atoms with van der Waals surface area (Å²) in [6.07, 6.45) is 4.51. The highest BCUT2D eigenvalue weighted by molar-refractivity contribution is 14.0. The minimum Gasteiger partial charge on any atom is -0.493 e. The van der Waals surface area contributed by atoms with Gasteiger partial charge >= 0.3 is 0 Å². The molecular weight excluding hydrogens is 515 g/mol. The second-order valence-corrected chi connectivity index (χ2v) is 7.84. The first kappa shape index (κ1) is 27.1. The highest BCUT2D eigenvalue weighted by Gasteiger charge is 2.24. The van der Waals surface area contributed by atoms with E-state index in [-0.39, 0.29) is 30.0 Å². The van der Waals surface area contributed by atoms with Crippen LogP contribution in [0.5, 0.6) is 11.5 Å². The number of benzene rings is 1. The number of unbranched alkanes of at least 4 members (excludes halogenated alkanes) is 1. The molecule has 0 bridgehead atoms. The smallest absolute Gasteiger partial charge is 0.191 e. The lowest BCUT2D eigenvalue weighted by molar-refractivity contribution is 0.0169. The number of guanidine groups is 1. The molecule has 0 radical (unpaired) electrons. The zero-order chi connectivity index (χ0) is 20.9. The zero-order valence-corrected chi connectivity index (χ0v) is 21.8. The third-order valence-electron chi connectivity index (χ3n) is 5.03. The largest absolute Gasteiger partial charge is 0.493 e. The van der Waals surface area contributed by atoms with Gasteiger partial charge in [0.2, 0.25) is 0 Å². The molecule has 1 aromatic carbocycles. The summed E-state index contributed by atoms with van der Waals surface area (Å²) in [5.41, 5.74) is 1.19. The van der Waals surface area contributed by atoms with E-state index < -0.39 is 0 Å². The van der Waals surface area contributed by atoms with E-state index >= 15 is 0 Å². The van der Waals surface area contributed by atoms with Gasteiger partial charge < -0.3 is 24.8 Å². The van der Waals surface area contributed by atoms with Crippen LogP contribution in [-0.4, -0.2) is 83.5 Å². The van der Waals surface area contributed by atoms with Crippen LogP contribution in [0, 0.1) is 0 Å². The molecule has 9 heteroatoms. The molecule has 1 heterocycles. The Morgan fingerprint density at radius 2 is 1.90 bits per heavy atom. The molecule has 1 fully saturated rings. The Balaban J connectivity index is 0.00000450. The van der Waals surface area contributed by atoms with Gasteiger partial charge in [0.25, 0.3) is 0 Å². The van der Waals surface area contributed by atoms with E-state index in [1.165, 1.54) is 17.7 Å². The fraction of sp³-hybridized carbons (Fsp3) is 0.667. The normalized spacial score (nSPS) is 15.8. The topological polar surface area (TPSA) is 67.4 Å². The maximum atomic E-state index is 5.55. The number of hydrogen-bond donors (Lipinski definition) is 2. The molecule has 1 aromatic rings. The lowest BCUT2D eigenvalue weighted by Gasteiger charge is -2.35. The molecule has 172 valence electrons. The van der Waals surface area contributed by atoms with Crippen LogP contribution >= 0.6 is 35.7 Å². The number of aliphatic imine (C=N–C) groups is 1. The number of morpholine rings is 1. The van der Waals surface area contributed by atoms with Crippen molar-refractivity contribution in [2.75, 3.05) is 72.7 Å². The van der Waals surface area contributed by atoms with Gasteiger partial charge in [0.15, 0.2) is 17.5 Å². The summed E-state index contributed by atoms with van der Waals surface area (Å²) in [7, 11) is 5.15. The predicted molar refractivity (Wildman–Crippen MR) is 137 cm³/mol.